The summed E-state index contributed by atoms with van der Waals surface area (Å²) in [4.78, 5) is 13.8. The lowest BCUT2D eigenvalue weighted by Gasteiger charge is -2.37. The maximum absolute atomic E-state index is 12.0. The summed E-state index contributed by atoms with van der Waals surface area (Å²) in [6.07, 6.45) is 0.217. The third-order valence-corrected chi connectivity index (χ3v) is 2.73. The fourth-order valence-electron chi connectivity index (χ4n) is 1.85. The molecule has 1 heterocycles. The fraction of sp³-hybridized carbons (Fsp3) is 0.909. The van der Waals surface area contributed by atoms with Crippen molar-refractivity contribution in [2.75, 3.05) is 13.1 Å². The van der Waals surface area contributed by atoms with E-state index in [1.165, 1.54) is 0 Å². The first-order valence-corrected chi connectivity index (χ1v) is 5.61. The van der Waals surface area contributed by atoms with Crippen LogP contribution < -0.4 is 5.73 Å². The quantitative estimate of drug-likeness (QED) is 0.797. The van der Waals surface area contributed by atoms with E-state index in [-0.39, 0.29) is 42.5 Å². The summed E-state index contributed by atoms with van der Waals surface area (Å²) in [6, 6.07) is -0.387. The maximum Gasteiger partial charge on any atom is 0.239 e. The minimum absolute atomic E-state index is 0. The first-order valence-electron chi connectivity index (χ1n) is 5.61. The van der Waals surface area contributed by atoms with E-state index in [9.17, 15) is 4.79 Å². The lowest BCUT2D eigenvalue weighted by Crippen LogP contribution is -2.54. The molecule has 1 amide bonds. The first-order chi connectivity index (χ1) is 6.91. The Morgan fingerprint density at radius 2 is 1.75 bits per heavy atom. The van der Waals surface area contributed by atoms with Crippen LogP contribution in [0.1, 0.15) is 27.7 Å². The maximum atomic E-state index is 12.0. The van der Waals surface area contributed by atoms with Crippen LogP contribution in [0.15, 0.2) is 0 Å². The van der Waals surface area contributed by atoms with Crippen LogP contribution >= 0.6 is 12.4 Å². The molecule has 0 spiro atoms. The van der Waals surface area contributed by atoms with E-state index in [1.807, 2.05) is 32.6 Å². The van der Waals surface area contributed by atoms with Crippen molar-refractivity contribution in [1.82, 2.24) is 4.90 Å². The molecule has 4 nitrogen and oxygen atoms in total. The van der Waals surface area contributed by atoms with Crippen molar-refractivity contribution in [3.8, 4) is 0 Å². The number of ether oxygens (including phenoxy) is 1. The third kappa shape index (κ3) is 3.92. The average molecular weight is 251 g/mol. The van der Waals surface area contributed by atoms with Crippen molar-refractivity contribution in [3.05, 3.63) is 0 Å². The minimum Gasteiger partial charge on any atom is -0.372 e. The number of carbonyl (C=O) groups excluding carboxylic acids is 1. The highest BCUT2D eigenvalue weighted by atomic mass is 35.5. The SMILES string of the molecule is CC(C)[C@H](N)C(=O)N1C[C@@H](C)O[C@@H](C)C1.Cl. The Labute approximate surface area is 104 Å². The topological polar surface area (TPSA) is 55.6 Å². The van der Waals surface area contributed by atoms with Crippen molar-refractivity contribution < 1.29 is 9.53 Å². The Balaban J connectivity index is 0.00000225. The van der Waals surface area contributed by atoms with Gasteiger partial charge in [0.2, 0.25) is 5.91 Å². The van der Waals surface area contributed by atoms with Crippen LogP contribution in [-0.2, 0) is 9.53 Å². The molecule has 16 heavy (non-hydrogen) atoms. The highest BCUT2D eigenvalue weighted by Gasteiger charge is 2.29. The van der Waals surface area contributed by atoms with Gasteiger partial charge in [0.25, 0.3) is 0 Å². The summed E-state index contributed by atoms with van der Waals surface area (Å²) in [5.74, 6) is 0.234. The molecule has 1 fully saturated rings. The number of nitrogens with zero attached hydrogens (tertiary/aromatic N) is 1. The van der Waals surface area contributed by atoms with Crippen LogP contribution in [0.2, 0.25) is 0 Å². The molecule has 1 aliphatic rings. The van der Waals surface area contributed by atoms with E-state index in [0.717, 1.165) is 0 Å². The zero-order valence-electron chi connectivity index (χ0n) is 10.5. The number of hydrogen-bond acceptors (Lipinski definition) is 3. The summed E-state index contributed by atoms with van der Waals surface area (Å²) >= 11 is 0. The summed E-state index contributed by atoms with van der Waals surface area (Å²) < 4.78 is 5.57. The molecule has 1 saturated heterocycles. The van der Waals surface area contributed by atoms with Crippen LogP contribution in [-0.4, -0.2) is 42.1 Å². The Hall–Kier alpha value is -0.320. The van der Waals surface area contributed by atoms with E-state index < -0.39 is 0 Å². The number of carbonyl (C=O) groups is 1. The van der Waals surface area contributed by atoms with Gasteiger partial charge in [0.1, 0.15) is 0 Å². The zero-order chi connectivity index (χ0) is 11.6. The van der Waals surface area contributed by atoms with Gasteiger partial charge in [-0.05, 0) is 19.8 Å². The number of hydrogen-bond donors (Lipinski definition) is 1. The molecule has 5 heteroatoms. The summed E-state index contributed by atoms with van der Waals surface area (Å²) in [5.41, 5.74) is 5.85. The van der Waals surface area contributed by atoms with Gasteiger partial charge in [-0.15, -0.1) is 12.4 Å². The van der Waals surface area contributed by atoms with E-state index in [4.69, 9.17) is 10.5 Å². The molecule has 2 N–H and O–H groups in total. The molecule has 0 aromatic heterocycles. The monoisotopic (exact) mass is 250 g/mol. The second-order valence-corrected chi connectivity index (χ2v) is 4.77. The zero-order valence-corrected chi connectivity index (χ0v) is 11.3. The van der Waals surface area contributed by atoms with Gasteiger partial charge >= 0.3 is 0 Å². The van der Waals surface area contributed by atoms with Gasteiger partial charge in [-0.1, -0.05) is 13.8 Å². The second kappa shape index (κ2) is 6.42. The molecular formula is C11H23ClN2O2. The average Bonchev–Trinajstić information content (AvgIpc) is 2.13. The highest BCUT2D eigenvalue weighted by molar-refractivity contribution is 5.85. The molecule has 1 aliphatic heterocycles. The Morgan fingerprint density at radius 1 is 1.31 bits per heavy atom. The fourth-order valence-corrected chi connectivity index (χ4v) is 1.85. The number of amides is 1. The minimum atomic E-state index is -0.387. The molecule has 0 saturated carbocycles. The summed E-state index contributed by atoms with van der Waals surface area (Å²) in [6.45, 7) is 9.21. The van der Waals surface area contributed by atoms with Gasteiger partial charge < -0.3 is 15.4 Å². The lowest BCUT2D eigenvalue weighted by molar-refractivity contribution is -0.145. The van der Waals surface area contributed by atoms with Crippen molar-refractivity contribution in [1.29, 1.82) is 0 Å². The second-order valence-electron chi connectivity index (χ2n) is 4.77. The highest BCUT2D eigenvalue weighted by Crippen LogP contribution is 2.13. The normalized spacial score (nSPS) is 27.5. The number of rotatable bonds is 2. The largest absolute Gasteiger partial charge is 0.372 e. The number of morpholine rings is 1. The molecule has 0 aliphatic carbocycles. The Kier molecular flexibility index (Phi) is 6.30. The van der Waals surface area contributed by atoms with Crippen LogP contribution in [0, 0.1) is 5.92 Å². The van der Waals surface area contributed by atoms with E-state index in [0.29, 0.717) is 13.1 Å². The predicted octanol–water partition coefficient (Wildman–Crippen LogP) is 1.03. The number of halogens is 1. The smallest absolute Gasteiger partial charge is 0.239 e. The van der Waals surface area contributed by atoms with Crippen molar-refractivity contribution in [2.45, 2.75) is 45.9 Å². The molecule has 96 valence electrons. The first kappa shape index (κ1) is 15.7. The lowest BCUT2D eigenvalue weighted by atomic mass is 10.0. The van der Waals surface area contributed by atoms with Crippen LogP contribution in [0.3, 0.4) is 0 Å². The van der Waals surface area contributed by atoms with E-state index in [1.54, 1.807) is 0 Å². The molecule has 0 aromatic rings. The van der Waals surface area contributed by atoms with Crippen molar-refractivity contribution in [2.24, 2.45) is 11.7 Å². The van der Waals surface area contributed by atoms with Gasteiger partial charge in [-0.2, -0.15) is 0 Å². The summed E-state index contributed by atoms with van der Waals surface area (Å²) in [7, 11) is 0. The van der Waals surface area contributed by atoms with Crippen LogP contribution in [0.5, 0.6) is 0 Å². The van der Waals surface area contributed by atoms with Gasteiger partial charge in [0.05, 0.1) is 18.2 Å². The van der Waals surface area contributed by atoms with E-state index >= 15 is 0 Å². The van der Waals surface area contributed by atoms with Gasteiger partial charge in [0, 0.05) is 13.1 Å². The third-order valence-electron chi connectivity index (χ3n) is 2.73. The molecule has 0 aromatic carbocycles. The standard InChI is InChI=1S/C11H22N2O2.ClH/c1-7(2)10(12)11(14)13-5-8(3)15-9(4)6-13;/h7-10H,5-6,12H2,1-4H3;1H/t8-,9+,10-;/m0./s1. The number of nitrogens with two attached hydrogens (primary N) is 1. The van der Waals surface area contributed by atoms with Gasteiger partial charge in [-0.3, -0.25) is 4.79 Å². The molecular weight excluding hydrogens is 228 g/mol. The van der Waals surface area contributed by atoms with Crippen LogP contribution in [0.4, 0.5) is 0 Å². The predicted molar refractivity (Wildman–Crippen MR) is 66.7 cm³/mol. The summed E-state index contributed by atoms with van der Waals surface area (Å²) in [5, 5.41) is 0. The molecule has 3 atom stereocenters. The van der Waals surface area contributed by atoms with E-state index in [2.05, 4.69) is 0 Å². The van der Waals surface area contributed by atoms with Crippen molar-refractivity contribution >= 4 is 18.3 Å². The molecule has 1 rings (SSSR count). The van der Waals surface area contributed by atoms with Gasteiger partial charge in [-0.25, -0.2) is 0 Å². The van der Waals surface area contributed by atoms with Gasteiger partial charge in [0.15, 0.2) is 0 Å². The Morgan fingerprint density at radius 3 is 2.12 bits per heavy atom. The Bertz CT molecular complexity index is 226. The molecule has 0 unspecified atom stereocenters. The molecule has 0 radical (unpaired) electrons. The van der Waals surface area contributed by atoms with Crippen molar-refractivity contribution in [3.63, 3.8) is 0 Å². The molecule has 0 bridgehead atoms. The van der Waals surface area contributed by atoms with Crippen LogP contribution in [0.25, 0.3) is 0 Å².